The first-order valence-electron chi connectivity index (χ1n) is 15.4. The zero-order valence-electron chi connectivity index (χ0n) is 25.2. The molecule has 2 aliphatic heterocycles. The van der Waals surface area contributed by atoms with Crippen LogP contribution in [-0.2, 0) is 33.6 Å². The molecule has 0 unspecified atom stereocenters. The monoisotopic (exact) mass is 649 g/mol. The number of aromatic nitrogens is 2. The van der Waals surface area contributed by atoms with Crippen molar-refractivity contribution in [1.29, 1.82) is 0 Å². The summed E-state index contributed by atoms with van der Waals surface area (Å²) in [6.45, 7) is 3.08. The van der Waals surface area contributed by atoms with Crippen LogP contribution >= 0.6 is 11.3 Å². The first kappa shape index (κ1) is 31.0. The molecule has 4 atom stereocenters. The van der Waals surface area contributed by atoms with Crippen molar-refractivity contribution in [2.75, 3.05) is 12.9 Å². The summed E-state index contributed by atoms with van der Waals surface area (Å²) in [5, 5.41) is 10.6. The van der Waals surface area contributed by atoms with Gasteiger partial charge in [-0.25, -0.2) is 23.0 Å². The molecule has 2 aromatic rings. The molecule has 0 radical (unpaired) electrons. The molecule has 0 bridgehead atoms. The van der Waals surface area contributed by atoms with Crippen LogP contribution in [0.5, 0.6) is 0 Å². The van der Waals surface area contributed by atoms with Crippen LogP contribution < -0.4 is 0 Å². The number of ether oxygens (including phenoxy) is 3. The maximum Gasteiger partial charge on any atom is 0.508 e. The number of carbonyl (C=O) groups excluding carboxylic acids is 3. The lowest BCUT2D eigenvalue weighted by atomic mass is 9.67. The quantitative estimate of drug-likeness (QED) is 0.327. The van der Waals surface area contributed by atoms with Gasteiger partial charge < -0.3 is 24.2 Å². The molecule has 2 aromatic heterocycles. The van der Waals surface area contributed by atoms with Crippen molar-refractivity contribution < 1.29 is 42.1 Å². The van der Waals surface area contributed by atoms with Crippen molar-refractivity contribution in [3.63, 3.8) is 0 Å². The summed E-state index contributed by atoms with van der Waals surface area (Å²) in [6, 6.07) is -0.713. The van der Waals surface area contributed by atoms with Crippen molar-refractivity contribution in [2.24, 2.45) is 11.3 Å². The first-order valence-corrected chi connectivity index (χ1v) is 18.1. The number of nitrogens with zero attached hydrogens (tertiary/aromatic N) is 3. The number of aliphatic hydroxyl groups is 1. The summed E-state index contributed by atoms with van der Waals surface area (Å²) in [4.78, 5) is 46.8. The topological polar surface area (TPSA) is 154 Å². The maximum atomic E-state index is 14.0. The second-order valence-electron chi connectivity index (χ2n) is 12.8. The molecule has 2 aliphatic carbocycles. The highest BCUT2D eigenvalue weighted by molar-refractivity contribution is 7.91. The SMILES string of the molecule is C[C@@H](O)[C@H]1C(=O)N2C(C(=O)OC3CCCCC3)=C(c3cn4cnc(S(C)(=O)=O)c4s3)[C@](C)(COC(=O)OC3CCCCC3)[C@@H]12. The normalized spacial score (nSPS) is 27.3. The van der Waals surface area contributed by atoms with E-state index in [1.807, 2.05) is 0 Å². The zero-order valence-corrected chi connectivity index (χ0v) is 26.8. The Bertz CT molecular complexity index is 1600. The van der Waals surface area contributed by atoms with Gasteiger partial charge >= 0.3 is 12.1 Å². The lowest BCUT2D eigenvalue weighted by molar-refractivity contribution is -0.170. The first-order chi connectivity index (χ1) is 20.9. The average Bonchev–Trinajstić information content (AvgIpc) is 3.61. The summed E-state index contributed by atoms with van der Waals surface area (Å²) >= 11 is 1.11. The fourth-order valence-electron chi connectivity index (χ4n) is 7.31. The van der Waals surface area contributed by atoms with E-state index in [2.05, 4.69) is 4.98 Å². The number of fused-ring (bicyclic) bond motifs is 2. The number of hydrogen-bond donors (Lipinski definition) is 1. The van der Waals surface area contributed by atoms with Crippen LogP contribution in [0.3, 0.4) is 0 Å². The van der Waals surface area contributed by atoms with Gasteiger partial charge in [-0.3, -0.25) is 9.20 Å². The molecule has 0 spiro atoms. The number of thiazole rings is 1. The molecule has 1 amide bonds. The molecule has 1 saturated heterocycles. The summed E-state index contributed by atoms with van der Waals surface area (Å²) in [5.41, 5.74) is -0.727. The van der Waals surface area contributed by atoms with Crippen LogP contribution in [-0.4, -0.2) is 83.1 Å². The van der Waals surface area contributed by atoms with Crippen molar-refractivity contribution in [3.8, 4) is 0 Å². The number of β-lactam (4-membered cyclic amide) rings is 1. The van der Waals surface area contributed by atoms with Gasteiger partial charge in [-0.05, 0) is 58.3 Å². The lowest BCUT2D eigenvalue weighted by Gasteiger charge is -2.50. The number of amides is 1. The van der Waals surface area contributed by atoms with E-state index >= 15 is 0 Å². The van der Waals surface area contributed by atoms with Crippen molar-refractivity contribution in [3.05, 3.63) is 23.1 Å². The fourth-order valence-corrected chi connectivity index (χ4v) is 9.70. The van der Waals surface area contributed by atoms with Gasteiger partial charge in [-0.2, -0.15) is 0 Å². The Balaban J connectivity index is 1.43. The van der Waals surface area contributed by atoms with Gasteiger partial charge in [0.15, 0.2) is 14.9 Å². The lowest BCUT2D eigenvalue weighted by Crippen LogP contribution is -2.67. The smallest absolute Gasteiger partial charge is 0.458 e. The molecule has 4 heterocycles. The Hall–Kier alpha value is -2.97. The van der Waals surface area contributed by atoms with Crippen LogP contribution in [0.15, 0.2) is 23.2 Å². The number of hydrogen-bond acceptors (Lipinski definition) is 11. The second-order valence-corrected chi connectivity index (χ2v) is 15.7. The van der Waals surface area contributed by atoms with Gasteiger partial charge in [0.25, 0.3) is 0 Å². The van der Waals surface area contributed by atoms with E-state index in [4.69, 9.17) is 14.2 Å². The Morgan fingerprint density at radius 1 is 1.09 bits per heavy atom. The molecule has 14 heteroatoms. The van der Waals surface area contributed by atoms with Crippen LogP contribution in [0.25, 0.3) is 10.4 Å². The highest BCUT2D eigenvalue weighted by Crippen LogP contribution is 2.59. The van der Waals surface area contributed by atoms with Gasteiger partial charge in [0, 0.05) is 18.0 Å². The largest absolute Gasteiger partial charge is 0.508 e. The van der Waals surface area contributed by atoms with Crippen molar-refractivity contribution in [2.45, 2.75) is 107 Å². The maximum absolute atomic E-state index is 14.0. The molecular weight excluding hydrogens is 610 g/mol. The Kier molecular flexibility index (Phi) is 8.29. The number of carbonyl (C=O) groups is 3. The Morgan fingerprint density at radius 3 is 2.30 bits per heavy atom. The molecule has 1 N–H and O–H groups in total. The molecule has 6 rings (SSSR count). The fraction of sp³-hybridized carbons (Fsp3) is 0.667. The van der Waals surface area contributed by atoms with Gasteiger partial charge in [-0.15, -0.1) is 11.3 Å². The summed E-state index contributed by atoms with van der Waals surface area (Å²) in [6.07, 6.45) is 10.7. The summed E-state index contributed by atoms with van der Waals surface area (Å²) in [7, 11) is -3.66. The number of sulfone groups is 1. The number of aliphatic hydroxyl groups excluding tert-OH is 1. The van der Waals surface area contributed by atoms with E-state index in [0.29, 0.717) is 15.3 Å². The van der Waals surface area contributed by atoms with Crippen LogP contribution in [0.4, 0.5) is 4.79 Å². The van der Waals surface area contributed by atoms with E-state index in [-0.39, 0.29) is 29.5 Å². The second kappa shape index (κ2) is 11.8. The minimum Gasteiger partial charge on any atom is -0.458 e. The van der Waals surface area contributed by atoms with Crippen LogP contribution in [0.2, 0.25) is 0 Å². The van der Waals surface area contributed by atoms with E-state index in [0.717, 1.165) is 81.8 Å². The van der Waals surface area contributed by atoms with Crippen molar-refractivity contribution in [1.82, 2.24) is 14.3 Å². The predicted octanol–water partition coefficient (Wildman–Crippen LogP) is 4.10. The Labute approximate surface area is 260 Å². The molecule has 240 valence electrons. The molecule has 44 heavy (non-hydrogen) atoms. The van der Waals surface area contributed by atoms with Gasteiger partial charge in [0.05, 0.1) is 28.4 Å². The Morgan fingerprint density at radius 2 is 1.70 bits per heavy atom. The number of imidazole rings is 1. The van der Waals surface area contributed by atoms with E-state index in [9.17, 15) is 27.9 Å². The third-order valence-corrected chi connectivity index (χ3v) is 11.7. The summed E-state index contributed by atoms with van der Waals surface area (Å²) in [5.74, 6) is -1.94. The van der Waals surface area contributed by atoms with Crippen molar-refractivity contribution >= 4 is 49.6 Å². The van der Waals surface area contributed by atoms with Gasteiger partial charge in [0.2, 0.25) is 5.91 Å². The molecular formula is C30H39N3O9S2. The third kappa shape index (κ3) is 5.42. The van der Waals surface area contributed by atoms with Crippen LogP contribution in [0, 0.1) is 11.3 Å². The molecule has 3 fully saturated rings. The number of esters is 1. The molecule has 12 nitrogen and oxygen atoms in total. The number of rotatable bonds is 8. The minimum absolute atomic E-state index is 0.0348. The van der Waals surface area contributed by atoms with E-state index in [1.54, 1.807) is 17.5 Å². The average molecular weight is 650 g/mol. The van der Waals surface area contributed by atoms with Gasteiger partial charge in [0.1, 0.15) is 35.7 Å². The van der Waals surface area contributed by atoms with E-state index in [1.165, 1.54) is 18.2 Å². The minimum atomic E-state index is -3.66. The molecule has 0 aromatic carbocycles. The van der Waals surface area contributed by atoms with E-state index < -0.39 is 51.3 Å². The highest BCUT2D eigenvalue weighted by atomic mass is 32.2. The van der Waals surface area contributed by atoms with Gasteiger partial charge in [-0.1, -0.05) is 19.8 Å². The molecule has 4 aliphatic rings. The highest BCUT2D eigenvalue weighted by Gasteiger charge is 2.67. The molecule has 2 saturated carbocycles. The summed E-state index contributed by atoms with van der Waals surface area (Å²) < 4.78 is 43.8. The van der Waals surface area contributed by atoms with Crippen LogP contribution in [0.1, 0.15) is 82.9 Å². The predicted molar refractivity (Wildman–Crippen MR) is 159 cm³/mol. The standard InChI is InChI=1S/C30H39N3O9S2/c1-17(34)21-24-30(2,15-40-29(37)42-19-12-8-5-9-13-19)22(20-14-32-16-31-25(27(32)43-20)44(3,38)39)23(33(24)26(21)35)28(36)41-18-10-6-4-7-11-18/h14,16-19,21,24,34H,4-13,15H2,1-3H3/t17-,21-,24-,30+/m1/s1. The zero-order chi connectivity index (χ0) is 31.4. The third-order valence-electron chi connectivity index (χ3n) is 9.46.